The van der Waals surface area contributed by atoms with Gasteiger partial charge in [0.15, 0.2) is 5.78 Å². The summed E-state index contributed by atoms with van der Waals surface area (Å²) < 4.78 is 2.11. The number of carbonyl (C=O) groups excluding carboxylic acids is 3. The number of hydrogen-bond donors (Lipinski definition) is 2. The van der Waals surface area contributed by atoms with Crippen LogP contribution in [-0.2, 0) is 16.1 Å². The van der Waals surface area contributed by atoms with E-state index in [0.717, 1.165) is 12.0 Å². The Kier molecular flexibility index (Phi) is 6.40. The molecule has 0 unspecified atom stereocenters. The van der Waals surface area contributed by atoms with Crippen LogP contribution >= 0.6 is 15.9 Å². The number of ketones is 1. The number of halogens is 1. The molecule has 4 heterocycles. The van der Waals surface area contributed by atoms with Gasteiger partial charge in [0, 0.05) is 24.5 Å². The summed E-state index contributed by atoms with van der Waals surface area (Å²) in [4.78, 5) is 65.2. The summed E-state index contributed by atoms with van der Waals surface area (Å²) in [7, 11) is 0. The van der Waals surface area contributed by atoms with E-state index in [-0.39, 0.29) is 46.9 Å². The van der Waals surface area contributed by atoms with Gasteiger partial charge in [0.1, 0.15) is 34.5 Å². The van der Waals surface area contributed by atoms with Crippen molar-refractivity contribution in [2.45, 2.75) is 59.2 Å². The fourth-order valence-corrected chi connectivity index (χ4v) is 6.13. The minimum atomic E-state index is -0.645. The number of hydrogen-bond acceptors (Lipinski definition) is 7. The van der Waals surface area contributed by atoms with Gasteiger partial charge in [-0.1, -0.05) is 19.1 Å². The number of fused-ring (bicyclic) bond motifs is 2. The Bertz CT molecular complexity index is 1830. The first-order chi connectivity index (χ1) is 19.4. The Morgan fingerprint density at radius 1 is 1.17 bits per heavy atom. The van der Waals surface area contributed by atoms with E-state index >= 15 is 0 Å². The van der Waals surface area contributed by atoms with Crippen molar-refractivity contribution < 1.29 is 14.4 Å². The van der Waals surface area contributed by atoms with Crippen LogP contribution in [0.3, 0.4) is 0 Å². The molecule has 11 nitrogen and oxygen atoms in total. The fourth-order valence-electron chi connectivity index (χ4n) is 5.82. The van der Waals surface area contributed by atoms with Crippen molar-refractivity contribution in [2.75, 3.05) is 5.32 Å². The highest BCUT2D eigenvalue weighted by Crippen LogP contribution is 2.59. The number of nitrogens with zero attached hydrogens (tertiary/aromatic N) is 5. The Morgan fingerprint density at radius 3 is 2.68 bits per heavy atom. The third-order valence-electron chi connectivity index (χ3n) is 8.14. The predicted molar refractivity (Wildman–Crippen MR) is 155 cm³/mol. The van der Waals surface area contributed by atoms with Crippen molar-refractivity contribution in [3.63, 3.8) is 0 Å². The van der Waals surface area contributed by atoms with Crippen molar-refractivity contribution in [1.29, 1.82) is 0 Å². The average molecular weight is 618 g/mol. The lowest BCUT2D eigenvalue weighted by Crippen LogP contribution is -2.47. The minimum Gasteiger partial charge on any atom is -0.325 e. The van der Waals surface area contributed by atoms with Gasteiger partial charge in [-0.3, -0.25) is 23.9 Å². The van der Waals surface area contributed by atoms with Crippen LogP contribution in [0, 0.1) is 19.3 Å². The number of rotatable bonds is 6. The number of H-pyrrole nitrogens is 1. The molecule has 0 bridgehead atoms. The van der Waals surface area contributed by atoms with Crippen molar-refractivity contribution in [3.05, 3.63) is 68.6 Å². The first-order valence-electron chi connectivity index (χ1n) is 13.3. The number of likely N-dealkylation sites (tertiary alicyclic amines) is 1. The Hall–Kier alpha value is -4.19. The van der Waals surface area contributed by atoms with Gasteiger partial charge in [0.05, 0.1) is 11.1 Å². The number of aromatic nitrogens is 5. The lowest BCUT2D eigenvalue weighted by Gasteiger charge is -2.27. The van der Waals surface area contributed by atoms with Crippen LogP contribution in [-0.4, -0.2) is 59.3 Å². The average Bonchev–Trinajstić information content (AvgIpc) is 3.28. The van der Waals surface area contributed by atoms with Gasteiger partial charge in [-0.25, -0.2) is 9.97 Å². The molecule has 41 heavy (non-hydrogen) atoms. The SMILES string of the molecule is CC(=O)c1nn(CC(=O)N2[C@H](C(=O)Nc3nc(Br)ccc3C)C[C@@]3(C)C[C@@H]23)c2ccc(-c3cnc(C)[nH]c3=O)cc12. The zero-order chi connectivity index (χ0) is 29.2. The highest BCUT2D eigenvalue weighted by Gasteiger charge is 2.64. The van der Waals surface area contributed by atoms with Crippen LogP contribution < -0.4 is 10.9 Å². The molecule has 2 aliphatic rings. The third-order valence-corrected chi connectivity index (χ3v) is 8.58. The maximum atomic E-state index is 13.8. The van der Waals surface area contributed by atoms with E-state index in [4.69, 9.17) is 0 Å². The predicted octanol–water partition coefficient (Wildman–Crippen LogP) is 3.78. The number of amides is 2. The number of aromatic amines is 1. The molecule has 1 aliphatic heterocycles. The van der Waals surface area contributed by atoms with E-state index in [0.29, 0.717) is 44.7 Å². The highest BCUT2D eigenvalue weighted by atomic mass is 79.9. The van der Waals surface area contributed by atoms with E-state index in [9.17, 15) is 19.2 Å². The van der Waals surface area contributed by atoms with E-state index in [1.807, 2.05) is 13.0 Å². The molecule has 2 amide bonds. The standard InChI is InChI=1S/C29H28BrN7O4/c1-14-5-8-23(30)33-26(14)34-28(41)21-10-29(4)11-22(29)37(21)24(39)13-36-20-7-6-17(9-18(20)25(35-36)15(2)38)19-12-31-16(3)32-27(19)40/h5-9,12,21-22H,10-11,13H2,1-4H3,(H,31,32,40)(H,33,34,41)/t21-,22+,29-/m0/s1. The van der Waals surface area contributed by atoms with Crippen LogP contribution in [0.25, 0.3) is 22.0 Å². The maximum absolute atomic E-state index is 13.8. The molecule has 12 heteroatoms. The number of benzene rings is 1. The molecule has 6 rings (SSSR count). The van der Waals surface area contributed by atoms with Crippen LogP contribution in [0.15, 0.2) is 45.9 Å². The molecule has 2 fully saturated rings. The van der Waals surface area contributed by atoms with Gasteiger partial charge in [0.2, 0.25) is 11.8 Å². The molecular formula is C29H28BrN7O4. The first-order valence-corrected chi connectivity index (χ1v) is 14.1. The van der Waals surface area contributed by atoms with Gasteiger partial charge in [-0.05, 0) is 77.4 Å². The van der Waals surface area contributed by atoms with Crippen molar-refractivity contribution in [2.24, 2.45) is 5.41 Å². The van der Waals surface area contributed by atoms with E-state index < -0.39 is 6.04 Å². The number of piperidine rings is 1. The van der Waals surface area contributed by atoms with Gasteiger partial charge < -0.3 is 15.2 Å². The molecule has 210 valence electrons. The van der Waals surface area contributed by atoms with Crippen LogP contribution in [0.4, 0.5) is 5.82 Å². The smallest absolute Gasteiger partial charge is 0.258 e. The molecule has 1 saturated heterocycles. The molecule has 3 aromatic heterocycles. The van der Waals surface area contributed by atoms with Crippen molar-refractivity contribution in [1.82, 2.24) is 29.6 Å². The number of carbonyl (C=O) groups is 3. The largest absolute Gasteiger partial charge is 0.325 e. The number of Topliss-reactive ketones (excluding diaryl/α,β-unsaturated/α-hetero) is 1. The number of nitrogens with one attached hydrogen (secondary N) is 2. The van der Waals surface area contributed by atoms with Crippen LogP contribution in [0.2, 0.25) is 0 Å². The summed E-state index contributed by atoms with van der Waals surface area (Å²) in [6, 6.07) is 8.18. The van der Waals surface area contributed by atoms with Crippen LogP contribution in [0.1, 0.15) is 48.6 Å². The van der Waals surface area contributed by atoms with Crippen LogP contribution in [0.5, 0.6) is 0 Å². The van der Waals surface area contributed by atoms with Gasteiger partial charge in [-0.15, -0.1) is 0 Å². The lowest BCUT2D eigenvalue weighted by atomic mass is 10.0. The second kappa shape index (κ2) is 9.72. The lowest BCUT2D eigenvalue weighted by molar-refractivity contribution is -0.138. The Morgan fingerprint density at radius 2 is 1.95 bits per heavy atom. The van der Waals surface area contributed by atoms with E-state index in [2.05, 4.69) is 48.2 Å². The van der Waals surface area contributed by atoms with Gasteiger partial charge >= 0.3 is 0 Å². The topological polar surface area (TPSA) is 143 Å². The van der Waals surface area contributed by atoms with Gasteiger partial charge in [-0.2, -0.15) is 5.10 Å². The quantitative estimate of drug-likeness (QED) is 0.247. The highest BCUT2D eigenvalue weighted by molar-refractivity contribution is 9.10. The Balaban J connectivity index is 1.30. The molecule has 4 aromatic rings. The summed E-state index contributed by atoms with van der Waals surface area (Å²) in [5, 5.41) is 7.93. The second-order valence-corrected chi connectivity index (χ2v) is 12.0. The summed E-state index contributed by atoms with van der Waals surface area (Å²) in [5.41, 5.74) is 2.15. The molecule has 1 aliphatic carbocycles. The van der Waals surface area contributed by atoms with Crippen molar-refractivity contribution >= 4 is 50.2 Å². The van der Waals surface area contributed by atoms with Crippen molar-refractivity contribution in [3.8, 4) is 11.1 Å². The number of aryl methyl sites for hydroxylation is 2. The zero-order valence-corrected chi connectivity index (χ0v) is 24.6. The monoisotopic (exact) mass is 617 g/mol. The summed E-state index contributed by atoms with van der Waals surface area (Å²) in [5.74, 6) is 0.151. The first kappa shape index (κ1) is 27.0. The van der Waals surface area contributed by atoms with E-state index in [1.54, 1.807) is 36.1 Å². The molecule has 1 saturated carbocycles. The Labute approximate surface area is 243 Å². The molecule has 0 radical (unpaired) electrons. The summed E-state index contributed by atoms with van der Waals surface area (Å²) in [6.45, 7) is 6.92. The second-order valence-electron chi connectivity index (χ2n) is 11.2. The number of pyridine rings is 1. The molecule has 0 spiro atoms. The molecule has 1 aromatic carbocycles. The molecular weight excluding hydrogens is 590 g/mol. The summed E-state index contributed by atoms with van der Waals surface area (Å²) in [6.07, 6.45) is 2.88. The molecule has 2 N–H and O–H groups in total. The minimum absolute atomic E-state index is 0.0382. The molecule has 3 atom stereocenters. The summed E-state index contributed by atoms with van der Waals surface area (Å²) >= 11 is 3.34. The zero-order valence-electron chi connectivity index (χ0n) is 23.0. The van der Waals surface area contributed by atoms with Gasteiger partial charge in [0.25, 0.3) is 5.56 Å². The third kappa shape index (κ3) is 4.75. The van der Waals surface area contributed by atoms with E-state index in [1.165, 1.54) is 17.8 Å². The fraction of sp³-hybridized carbons (Fsp3) is 0.345. The maximum Gasteiger partial charge on any atom is 0.258 e. The number of anilines is 1. The normalized spacial score (nSPS) is 21.1.